The van der Waals surface area contributed by atoms with Gasteiger partial charge < -0.3 is 20.6 Å². The molecule has 0 atom stereocenters. The number of azo groups is 1. The molecule has 0 saturated heterocycles. The average molecular weight is 318 g/mol. The lowest BCUT2D eigenvalue weighted by molar-refractivity contribution is -0.557. The molecule has 23 heavy (non-hydrogen) atoms. The van der Waals surface area contributed by atoms with Crippen molar-refractivity contribution in [2.45, 2.75) is 13.8 Å². The van der Waals surface area contributed by atoms with Gasteiger partial charge in [0.15, 0.2) is 0 Å². The van der Waals surface area contributed by atoms with Gasteiger partial charge in [-0.3, -0.25) is 0 Å². The number of aliphatic hydroxyl groups is 1. The summed E-state index contributed by atoms with van der Waals surface area (Å²) in [5, 5.41) is 22.8. The van der Waals surface area contributed by atoms with Crippen molar-refractivity contribution in [2.75, 3.05) is 32.6 Å². The van der Waals surface area contributed by atoms with Crippen LogP contribution in [0.5, 0.6) is 0 Å². The number of hydrogen-bond acceptors (Lipinski definition) is 5. The Morgan fingerprint density at radius 1 is 1.39 bits per heavy atom. The van der Waals surface area contributed by atoms with Gasteiger partial charge in [-0.05, 0) is 24.3 Å². The van der Waals surface area contributed by atoms with Crippen LogP contribution in [0.2, 0.25) is 0 Å². The van der Waals surface area contributed by atoms with Gasteiger partial charge >= 0.3 is 0 Å². The van der Waals surface area contributed by atoms with Gasteiger partial charge in [0.2, 0.25) is 0 Å². The maximum absolute atomic E-state index is 9.25. The quantitative estimate of drug-likeness (QED) is 0.611. The summed E-state index contributed by atoms with van der Waals surface area (Å²) in [7, 11) is 3.82. The largest absolute Gasteiger partial charge is 0.396 e. The summed E-state index contributed by atoms with van der Waals surface area (Å²) in [5.41, 5.74) is 1.60. The minimum atomic E-state index is -0.149. The molecule has 6 nitrogen and oxygen atoms in total. The molecule has 6 heteroatoms. The Kier molecular flexibility index (Phi) is 7.44. The summed E-state index contributed by atoms with van der Waals surface area (Å²) in [6.45, 7) is 8.74. The smallest absolute Gasteiger partial charge is 0.147 e. The molecule has 0 aromatic heterocycles. The summed E-state index contributed by atoms with van der Waals surface area (Å²) < 4.78 is 0. The highest BCUT2D eigenvalue weighted by Gasteiger charge is 2.15. The number of aliphatic hydroxyl groups excluding tert-OH is 1. The van der Waals surface area contributed by atoms with Gasteiger partial charge in [-0.1, -0.05) is 20.4 Å². The molecule has 1 aromatic rings. The van der Waals surface area contributed by atoms with Gasteiger partial charge in [0.05, 0.1) is 18.9 Å². The number of nitrogens with zero attached hydrogens (tertiary/aromatic N) is 3. The second-order valence-corrected chi connectivity index (χ2v) is 6.12. The normalized spacial score (nSPS) is 12.0. The van der Waals surface area contributed by atoms with Crippen LogP contribution in [0.15, 0.2) is 59.3 Å². The molecule has 0 aliphatic rings. The van der Waals surface area contributed by atoms with Crippen LogP contribution in [0.25, 0.3) is 0 Å². The Hall–Kier alpha value is -2.18. The molecule has 0 unspecified atom stereocenters. The Morgan fingerprint density at radius 2 is 2.04 bits per heavy atom. The van der Waals surface area contributed by atoms with Crippen LogP contribution in [0, 0.1) is 5.41 Å². The fraction of sp³-hybridized carbons (Fsp3) is 0.412. The predicted octanol–water partition coefficient (Wildman–Crippen LogP) is 2.27. The minimum absolute atomic E-state index is 0.145. The first-order valence-corrected chi connectivity index (χ1v) is 7.62. The molecule has 4 N–H and O–H groups in total. The third kappa shape index (κ3) is 7.08. The fourth-order valence-electron chi connectivity index (χ4n) is 1.53. The molecule has 0 aliphatic carbocycles. The van der Waals surface area contributed by atoms with Gasteiger partial charge in [-0.25, -0.2) is 0 Å². The Balaban J connectivity index is 2.58. The summed E-state index contributed by atoms with van der Waals surface area (Å²) in [4.78, 5) is 1.80. The third-order valence-corrected chi connectivity index (χ3v) is 3.26. The van der Waals surface area contributed by atoms with Crippen LogP contribution in [0.1, 0.15) is 13.8 Å². The van der Waals surface area contributed by atoms with E-state index < -0.39 is 0 Å². The van der Waals surface area contributed by atoms with E-state index in [1.54, 1.807) is 4.90 Å². The van der Waals surface area contributed by atoms with Crippen molar-refractivity contribution in [3.63, 3.8) is 0 Å². The van der Waals surface area contributed by atoms with Crippen molar-refractivity contribution in [2.24, 2.45) is 15.6 Å². The Bertz CT molecular complexity index is 549. The molecule has 126 valence electrons. The lowest BCUT2D eigenvalue weighted by atomic mass is 9.95. The van der Waals surface area contributed by atoms with Crippen molar-refractivity contribution in [3.8, 4) is 0 Å². The molecule has 1 aromatic carbocycles. The van der Waals surface area contributed by atoms with E-state index in [-0.39, 0.29) is 12.0 Å². The van der Waals surface area contributed by atoms with Crippen LogP contribution in [-0.4, -0.2) is 37.3 Å². The topological polar surface area (TPSA) is 76.8 Å². The first-order chi connectivity index (χ1) is 10.9. The molecule has 0 amide bonds. The number of nitrogens with two attached hydrogens (primary N) is 1. The zero-order chi connectivity index (χ0) is 17.3. The predicted molar refractivity (Wildman–Crippen MR) is 94.2 cm³/mol. The summed E-state index contributed by atoms with van der Waals surface area (Å²) in [5.74, 6) is 0.565. The second kappa shape index (κ2) is 9.07. The van der Waals surface area contributed by atoms with E-state index in [2.05, 4.69) is 22.1 Å². The number of nitrogens with one attached hydrogen (secondary N) is 1. The van der Waals surface area contributed by atoms with Crippen molar-refractivity contribution in [1.29, 1.82) is 0 Å². The molecule has 0 bridgehead atoms. The van der Waals surface area contributed by atoms with E-state index in [9.17, 15) is 5.11 Å². The minimum Gasteiger partial charge on any atom is -0.396 e. The van der Waals surface area contributed by atoms with E-state index in [0.29, 0.717) is 12.4 Å². The van der Waals surface area contributed by atoms with Gasteiger partial charge in [-0.15, -0.1) is 10.2 Å². The van der Waals surface area contributed by atoms with Crippen molar-refractivity contribution >= 4 is 11.4 Å². The molecule has 0 fully saturated rings. The Morgan fingerprint density at radius 3 is 2.61 bits per heavy atom. The number of benzene rings is 1. The Labute approximate surface area is 138 Å². The van der Waals surface area contributed by atoms with Crippen molar-refractivity contribution < 1.29 is 10.4 Å². The standard InChI is InChI=1S/C17H27N5O/c1-14(22(5)11-10-18-4)20-21-16-8-6-15(7-9-16)19-12-17(2,3)13-23/h6-11,18-19,23H,1,12-13H2,2-5H3/p+1/b11-10-,21-20?. The highest BCUT2D eigenvalue weighted by atomic mass is 16.3. The maximum atomic E-state index is 9.25. The molecule has 0 saturated carbocycles. The molecule has 0 heterocycles. The third-order valence-electron chi connectivity index (χ3n) is 3.26. The first kappa shape index (κ1) is 18.9. The molecule has 0 radical (unpaired) electrons. The van der Waals surface area contributed by atoms with Gasteiger partial charge in [0.1, 0.15) is 12.0 Å². The monoisotopic (exact) mass is 318 g/mol. The van der Waals surface area contributed by atoms with Gasteiger partial charge in [0, 0.05) is 31.3 Å². The number of rotatable bonds is 9. The summed E-state index contributed by atoms with van der Waals surface area (Å²) in [6.07, 6.45) is 3.78. The van der Waals surface area contributed by atoms with Crippen LogP contribution >= 0.6 is 0 Å². The van der Waals surface area contributed by atoms with Gasteiger partial charge in [0.25, 0.3) is 0 Å². The maximum Gasteiger partial charge on any atom is 0.147 e. The summed E-state index contributed by atoms with van der Waals surface area (Å²) in [6, 6.07) is 7.67. The molecular formula is C17H28N5O+. The summed E-state index contributed by atoms with van der Waals surface area (Å²) >= 11 is 0. The average Bonchev–Trinajstić information content (AvgIpc) is 2.56. The first-order valence-electron chi connectivity index (χ1n) is 7.62. The second-order valence-electron chi connectivity index (χ2n) is 6.12. The lowest BCUT2D eigenvalue weighted by Gasteiger charge is -2.22. The van der Waals surface area contributed by atoms with Gasteiger partial charge in [-0.2, -0.15) is 0 Å². The zero-order valence-corrected chi connectivity index (χ0v) is 14.5. The van der Waals surface area contributed by atoms with Crippen LogP contribution < -0.4 is 10.6 Å². The lowest BCUT2D eigenvalue weighted by Crippen LogP contribution is -2.72. The molecule has 0 aliphatic heterocycles. The molecule has 0 spiro atoms. The number of anilines is 1. The fourth-order valence-corrected chi connectivity index (χ4v) is 1.53. The SMILES string of the molecule is C=C(N=Nc1ccc(NCC(C)(C)CO)cc1)N(C)/C=C\[NH2+]C. The molecular weight excluding hydrogens is 290 g/mol. The van der Waals surface area contributed by atoms with E-state index in [4.69, 9.17) is 0 Å². The number of quaternary nitrogens is 1. The van der Waals surface area contributed by atoms with Crippen LogP contribution in [0.3, 0.4) is 0 Å². The van der Waals surface area contributed by atoms with Crippen molar-refractivity contribution in [1.82, 2.24) is 4.90 Å². The highest BCUT2D eigenvalue weighted by molar-refractivity contribution is 5.50. The zero-order valence-electron chi connectivity index (χ0n) is 14.5. The van der Waals surface area contributed by atoms with Crippen LogP contribution in [-0.2, 0) is 0 Å². The van der Waals surface area contributed by atoms with E-state index >= 15 is 0 Å². The van der Waals surface area contributed by atoms with E-state index in [1.807, 2.05) is 69.9 Å². The highest BCUT2D eigenvalue weighted by Crippen LogP contribution is 2.20. The van der Waals surface area contributed by atoms with E-state index in [1.165, 1.54) is 0 Å². The number of hydrogen-bond donors (Lipinski definition) is 3. The van der Waals surface area contributed by atoms with E-state index in [0.717, 1.165) is 11.4 Å². The van der Waals surface area contributed by atoms with Crippen LogP contribution in [0.4, 0.5) is 11.4 Å². The van der Waals surface area contributed by atoms with Crippen molar-refractivity contribution in [3.05, 3.63) is 49.1 Å². The molecule has 1 rings (SSSR count).